The third-order valence-electron chi connectivity index (χ3n) is 2.87. The van der Waals surface area contributed by atoms with Crippen LogP contribution in [0.4, 0.5) is 4.79 Å². The second-order valence-electron chi connectivity index (χ2n) is 5.72. The number of hydrazine groups is 1. The number of nitrogens with zero attached hydrogens (tertiary/aromatic N) is 1. The molecule has 1 saturated carbocycles. The van der Waals surface area contributed by atoms with Crippen molar-refractivity contribution in [1.82, 2.24) is 5.01 Å². The van der Waals surface area contributed by atoms with Crippen LogP contribution in [0.2, 0.25) is 0 Å². The van der Waals surface area contributed by atoms with Crippen LogP contribution in [0.5, 0.6) is 0 Å². The van der Waals surface area contributed by atoms with Crippen molar-refractivity contribution >= 4 is 6.09 Å². The summed E-state index contributed by atoms with van der Waals surface area (Å²) in [5.41, 5.74) is -0.544. The SMILES string of the molecule is CC(C)(C)OC(=O)N(N)[C@@H]1CCCC[C@@H](O)C1. The average Bonchev–Trinajstić information content (AvgIpc) is 2.39. The number of ether oxygens (including phenoxy) is 1. The molecule has 0 spiro atoms. The first-order valence-electron chi connectivity index (χ1n) is 6.24. The molecule has 1 rings (SSSR count). The average molecular weight is 244 g/mol. The second kappa shape index (κ2) is 5.69. The molecule has 2 atom stereocenters. The van der Waals surface area contributed by atoms with Crippen LogP contribution < -0.4 is 5.84 Å². The molecule has 0 heterocycles. The minimum Gasteiger partial charge on any atom is -0.443 e. The highest BCUT2D eigenvalue weighted by molar-refractivity contribution is 5.67. The number of nitrogens with two attached hydrogens (primary N) is 1. The Morgan fingerprint density at radius 3 is 2.53 bits per heavy atom. The van der Waals surface area contributed by atoms with Gasteiger partial charge in [-0.05, 0) is 40.0 Å². The number of hydrogen-bond donors (Lipinski definition) is 2. The van der Waals surface area contributed by atoms with Gasteiger partial charge in [-0.2, -0.15) is 0 Å². The van der Waals surface area contributed by atoms with Gasteiger partial charge in [-0.3, -0.25) is 0 Å². The van der Waals surface area contributed by atoms with Gasteiger partial charge in [0, 0.05) is 0 Å². The summed E-state index contributed by atoms with van der Waals surface area (Å²) in [6.07, 6.45) is 3.24. The van der Waals surface area contributed by atoms with Gasteiger partial charge in [-0.1, -0.05) is 12.8 Å². The summed E-state index contributed by atoms with van der Waals surface area (Å²) in [5.74, 6) is 5.78. The third-order valence-corrected chi connectivity index (χ3v) is 2.87. The van der Waals surface area contributed by atoms with Crippen molar-refractivity contribution in [3.8, 4) is 0 Å². The van der Waals surface area contributed by atoms with Gasteiger partial charge in [0.2, 0.25) is 0 Å². The maximum absolute atomic E-state index is 11.8. The van der Waals surface area contributed by atoms with Crippen molar-refractivity contribution in [2.24, 2.45) is 5.84 Å². The van der Waals surface area contributed by atoms with Crippen molar-refractivity contribution in [2.75, 3.05) is 0 Å². The summed E-state index contributed by atoms with van der Waals surface area (Å²) in [6.45, 7) is 5.42. The van der Waals surface area contributed by atoms with Gasteiger partial charge >= 0.3 is 6.09 Å². The molecule has 1 amide bonds. The highest BCUT2D eigenvalue weighted by atomic mass is 16.6. The van der Waals surface area contributed by atoms with E-state index in [1.165, 1.54) is 0 Å². The molecule has 0 unspecified atom stereocenters. The minimum atomic E-state index is -0.544. The molecule has 1 aliphatic carbocycles. The van der Waals surface area contributed by atoms with Crippen LogP contribution in [-0.2, 0) is 4.74 Å². The number of carbonyl (C=O) groups excluding carboxylic acids is 1. The monoisotopic (exact) mass is 244 g/mol. The summed E-state index contributed by atoms with van der Waals surface area (Å²) in [6, 6.07) is -0.123. The molecule has 0 aromatic heterocycles. The number of aliphatic hydroxyl groups is 1. The van der Waals surface area contributed by atoms with E-state index in [1.807, 2.05) is 0 Å². The fourth-order valence-corrected chi connectivity index (χ4v) is 2.03. The first-order chi connectivity index (χ1) is 7.79. The number of amides is 1. The lowest BCUT2D eigenvalue weighted by Gasteiger charge is -2.30. The van der Waals surface area contributed by atoms with E-state index in [1.54, 1.807) is 20.8 Å². The molecule has 1 aliphatic rings. The third kappa shape index (κ3) is 4.91. The van der Waals surface area contributed by atoms with Crippen molar-refractivity contribution in [3.63, 3.8) is 0 Å². The minimum absolute atomic E-state index is 0.123. The van der Waals surface area contributed by atoms with Crippen LogP contribution in [0, 0.1) is 0 Å². The lowest BCUT2D eigenvalue weighted by molar-refractivity contribution is 0.00985. The summed E-state index contributed by atoms with van der Waals surface area (Å²) in [5, 5.41) is 10.8. The zero-order chi connectivity index (χ0) is 13.1. The van der Waals surface area contributed by atoms with E-state index in [0.717, 1.165) is 30.7 Å². The van der Waals surface area contributed by atoms with Gasteiger partial charge < -0.3 is 9.84 Å². The van der Waals surface area contributed by atoms with Gasteiger partial charge in [-0.15, -0.1) is 0 Å². The molecule has 17 heavy (non-hydrogen) atoms. The predicted molar refractivity (Wildman–Crippen MR) is 65.1 cm³/mol. The topological polar surface area (TPSA) is 75.8 Å². The largest absolute Gasteiger partial charge is 0.443 e. The highest BCUT2D eigenvalue weighted by Gasteiger charge is 2.28. The van der Waals surface area contributed by atoms with Gasteiger partial charge in [0.05, 0.1) is 12.1 Å². The summed E-state index contributed by atoms with van der Waals surface area (Å²) < 4.78 is 5.21. The number of carbonyl (C=O) groups is 1. The lowest BCUT2D eigenvalue weighted by Crippen LogP contribution is -2.48. The Hall–Kier alpha value is -0.810. The first-order valence-corrected chi connectivity index (χ1v) is 6.24. The Bertz CT molecular complexity index is 263. The van der Waals surface area contributed by atoms with E-state index in [2.05, 4.69) is 0 Å². The molecule has 5 nitrogen and oxygen atoms in total. The first kappa shape index (κ1) is 14.3. The van der Waals surface area contributed by atoms with E-state index >= 15 is 0 Å². The molecule has 0 saturated heterocycles. The van der Waals surface area contributed by atoms with Crippen LogP contribution in [0.3, 0.4) is 0 Å². The zero-order valence-electron chi connectivity index (χ0n) is 11.0. The molecule has 0 radical (unpaired) electrons. The normalized spacial score (nSPS) is 26.2. The van der Waals surface area contributed by atoms with Crippen LogP contribution in [0.15, 0.2) is 0 Å². The molecule has 100 valence electrons. The Morgan fingerprint density at radius 1 is 1.35 bits per heavy atom. The molecule has 0 bridgehead atoms. The summed E-state index contributed by atoms with van der Waals surface area (Å²) >= 11 is 0. The van der Waals surface area contributed by atoms with Crippen LogP contribution in [-0.4, -0.2) is 34.0 Å². The van der Waals surface area contributed by atoms with Crippen LogP contribution in [0.25, 0.3) is 0 Å². The van der Waals surface area contributed by atoms with E-state index in [9.17, 15) is 9.90 Å². The Balaban J connectivity index is 2.55. The number of hydrogen-bond acceptors (Lipinski definition) is 4. The fraction of sp³-hybridized carbons (Fsp3) is 0.917. The smallest absolute Gasteiger partial charge is 0.424 e. The Labute approximate surface area is 103 Å². The molecule has 0 aromatic carbocycles. The molecular formula is C12H24N2O3. The molecule has 3 N–H and O–H groups in total. The molecule has 0 aromatic rings. The highest BCUT2D eigenvalue weighted by Crippen LogP contribution is 2.22. The van der Waals surface area contributed by atoms with Crippen LogP contribution in [0.1, 0.15) is 52.9 Å². The maximum atomic E-state index is 11.8. The molecule has 1 fully saturated rings. The van der Waals surface area contributed by atoms with E-state index in [0.29, 0.717) is 6.42 Å². The number of aliphatic hydroxyl groups excluding tert-OH is 1. The quantitative estimate of drug-likeness (QED) is 0.319. The van der Waals surface area contributed by atoms with Gasteiger partial charge in [0.15, 0.2) is 0 Å². The van der Waals surface area contributed by atoms with E-state index < -0.39 is 11.7 Å². The van der Waals surface area contributed by atoms with Crippen molar-refractivity contribution in [1.29, 1.82) is 0 Å². The second-order valence-corrected chi connectivity index (χ2v) is 5.72. The van der Waals surface area contributed by atoms with E-state index in [-0.39, 0.29) is 12.1 Å². The van der Waals surface area contributed by atoms with Crippen LogP contribution >= 0.6 is 0 Å². The van der Waals surface area contributed by atoms with Crippen molar-refractivity contribution < 1.29 is 14.6 Å². The standard InChI is InChI=1S/C12H24N2O3/c1-12(2,3)17-11(16)14(13)9-6-4-5-7-10(15)8-9/h9-10,15H,4-8,13H2,1-3H3/t9-,10-/m1/s1. The van der Waals surface area contributed by atoms with E-state index in [4.69, 9.17) is 10.6 Å². The predicted octanol–water partition coefficient (Wildman–Crippen LogP) is 1.79. The van der Waals surface area contributed by atoms with Crippen molar-refractivity contribution in [2.45, 2.75) is 70.6 Å². The maximum Gasteiger partial charge on any atom is 0.424 e. The molecule has 0 aliphatic heterocycles. The van der Waals surface area contributed by atoms with Gasteiger partial charge in [-0.25, -0.2) is 15.6 Å². The lowest BCUT2D eigenvalue weighted by atomic mass is 10.1. The van der Waals surface area contributed by atoms with Gasteiger partial charge in [0.25, 0.3) is 0 Å². The van der Waals surface area contributed by atoms with Gasteiger partial charge in [0.1, 0.15) is 5.60 Å². The summed E-state index contributed by atoms with van der Waals surface area (Å²) in [4.78, 5) is 11.8. The van der Waals surface area contributed by atoms with Crippen molar-refractivity contribution in [3.05, 3.63) is 0 Å². The summed E-state index contributed by atoms with van der Waals surface area (Å²) in [7, 11) is 0. The molecule has 5 heteroatoms. The Kier molecular flexibility index (Phi) is 4.77. The zero-order valence-corrected chi connectivity index (χ0v) is 11.0. The molecular weight excluding hydrogens is 220 g/mol. The number of rotatable bonds is 1. The fourth-order valence-electron chi connectivity index (χ4n) is 2.03. The Morgan fingerprint density at radius 2 is 1.94 bits per heavy atom.